The molecular formula is C21H30N4O2. The molecule has 3 aliphatic rings. The number of aromatic nitrogens is 1. The van der Waals surface area contributed by atoms with Gasteiger partial charge in [-0.1, -0.05) is 18.9 Å². The Labute approximate surface area is 161 Å². The summed E-state index contributed by atoms with van der Waals surface area (Å²) in [6.45, 7) is 2.66. The Hall–Kier alpha value is -1.95. The molecule has 2 amide bonds. The third-order valence-corrected chi connectivity index (χ3v) is 6.77. The number of hydrogen-bond acceptors (Lipinski definition) is 4. The molecule has 1 unspecified atom stereocenters. The van der Waals surface area contributed by atoms with Crippen LogP contribution in [-0.2, 0) is 16.1 Å². The lowest BCUT2D eigenvalue weighted by Crippen LogP contribution is -2.46. The lowest BCUT2D eigenvalue weighted by Gasteiger charge is -2.37. The largest absolute Gasteiger partial charge is 0.352 e. The molecule has 1 spiro atoms. The number of piperidine rings is 1. The molecule has 0 radical (unpaired) electrons. The van der Waals surface area contributed by atoms with Crippen LogP contribution in [0.3, 0.4) is 0 Å². The van der Waals surface area contributed by atoms with Crippen LogP contribution >= 0.6 is 0 Å². The molecule has 3 fully saturated rings. The van der Waals surface area contributed by atoms with Crippen molar-refractivity contribution in [2.75, 3.05) is 20.1 Å². The third kappa shape index (κ3) is 3.72. The number of rotatable bonds is 4. The smallest absolute Gasteiger partial charge is 0.243 e. The van der Waals surface area contributed by atoms with Crippen LogP contribution in [0.25, 0.3) is 0 Å². The summed E-state index contributed by atoms with van der Waals surface area (Å²) >= 11 is 0. The van der Waals surface area contributed by atoms with Crippen molar-refractivity contribution < 1.29 is 9.59 Å². The normalized spacial score (nSPS) is 26.0. The van der Waals surface area contributed by atoms with E-state index in [9.17, 15) is 9.59 Å². The van der Waals surface area contributed by atoms with Gasteiger partial charge in [0.05, 0.1) is 5.41 Å². The van der Waals surface area contributed by atoms with E-state index >= 15 is 0 Å². The fraction of sp³-hybridized carbons (Fsp3) is 0.667. The fourth-order valence-electron chi connectivity index (χ4n) is 5.05. The molecule has 146 valence electrons. The number of likely N-dealkylation sites (N-methyl/N-ethyl adjacent to an activating group) is 1. The Kier molecular flexibility index (Phi) is 5.17. The summed E-state index contributed by atoms with van der Waals surface area (Å²) in [5, 5.41) is 3.19. The molecule has 27 heavy (non-hydrogen) atoms. The van der Waals surface area contributed by atoms with Crippen LogP contribution in [0.4, 0.5) is 0 Å². The predicted octanol–water partition coefficient (Wildman–Crippen LogP) is 1.95. The maximum atomic E-state index is 13.0. The van der Waals surface area contributed by atoms with E-state index in [1.165, 1.54) is 18.4 Å². The molecule has 3 heterocycles. The van der Waals surface area contributed by atoms with Crippen molar-refractivity contribution >= 4 is 11.8 Å². The molecule has 1 aliphatic carbocycles. The summed E-state index contributed by atoms with van der Waals surface area (Å²) in [6.07, 6.45) is 10.6. The highest BCUT2D eigenvalue weighted by Crippen LogP contribution is 2.44. The first-order chi connectivity index (χ1) is 13.1. The minimum Gasteiger partial charge on any atom is -0.352 e. The van der Waals surface area contributed by atoms with Crippen molar-refractivity contribution in [3.8, 4) is 0 Å². The van der Waals surface area contributed by atoms with Gasteiger partial charge in [-0.25, -0.2) is 0 Å². The number of carbonyl (C=O) groups excluding carboxylic acids is 2. The van der Waals surface area contributed by atoms with Gasteiger partial charge in [-0.05, 0) is 56.8 Å². The van der Waals surface area contributed by atoms with Gasteiger partial charge in [-0.3, -0.25) is 19.5 Å². The van der Waals surface area contributed by atoms with Crippen molar-refractivity contribution in [3.05, 3.63) is 30.1 Å². The van der Waals surface area contributed by atoms with E-state index in [0.29, 0.717) is 12.5 Å². The standard InChI is InChI=1S/C21H30N4O2/c1-24-18(19(26)23-17-6-2-3-7-17)13-21(20(24)27)8-11-25(12-9-21)15-16-5-4-10-22-14-16/h4-5,10,14,17-18H,2-3,6-9,11-13,15H2,1H3,(H,23,26). The van der Waals surface area contributed by atoms with Crippen LogP contribution in [0, 0.1) is 5.41 Å². The van der Waals surface area contributed by atoms with E-state index in [1.807, 2.05) is 12.3 Å². The Bertz CT molecular complexity index is 679. The van der Waals surface area contributed by atoms with Crippen LogP contribution < -0.4 is 5.32 Å². The van der Waals surface area contributed by atoms with Crippen LogP contribution in [0.5, 0.6) is 0 Å². The SMILES string of the molecule is CN1C(=O)C2(CCN(Cc3cccnc3)CC2)CC1C(=O)NC1CCCC1. The number of nitrogens with zero attached hydrogens (tertiary/aromatic N) is 3. The molecule has 6 nitrogen and oxygen atoms in total. The first kappa shape index (κ1) is 18.4. The molecule has 2 aliphatic heterocycles. The molecule has 1 atom stereocenters. The van der Waals surface area contributed by atoms with Gasteiger partial charge in [-0.15, -0.1) is 0 Å². The molecule has 1 aromatic rings. The highest BCUT2D eigenvalue weighted by Gasteiger charge is 2.53. The topological polar surface area (TPSA) is 65.5 Å². The summed E-state index contributed by atoms with van der Waals surface area (Å²) in [6, 6.07) is 4.06. The highest BCUT2D eigenvalue weighted by atomic mass is 16.2. The first-order valence-corrected chi connectivity index (χ1v) is 10.3. The Balaban J connectivity index is 1.36. The molecular weight excluding hydrogens is 340 g/mol. The number of amides is 2. The van der Waals surface area contributed by atoms with Crippen molar-refractivity contribution in [2.24, 2.45) is 5.41 Å². The third-order valence-electron chi connectivity index (χ3n) is 6.77. The van der Waals surface area contributed by atoms with E-state index in [2.05, 4.69) is 21.3 Å². The summed E-state index contributed by atoms with van der Waals surface area (Å²) in [7, 11) is 1.80. The van der Waals surface area contributed by atoms with Gasteiger partial charge in [0.15, 0.2) is 0 Å². The number of hydrogen-bond donors (Lipinski definition) is 1. The maximum Gasteiger partial charge on any atom is 0.243 e. The van der Waals surface area contributed by atoms with Crippen LogP contribution in [0.1, 0.15) is 50.5 Å². The van der Waals surface area contributed by atoms with E-state index in [0.717, 1.165) is 45.3 Å². The number of likely N-dealkylation sites (tertiary alicyclic amines) is 2. The zero-order chi connectivity index (χ0) is 18.9. The van der Waals surface area contributed by atoms with Gasteiger partial charge in [0.1, 0.15) is 6.04 Å². The van der Waals surface area contributed by atoms with Crippen molar-refractivity contribution in [2.45, 2.75) is 63.6 Å². The number of pyridine rings is 1. The number of carbonyl (C=O) groups is 2. The van der Waals surface area contributed by atoms with Crippen molar-refractivity contribution in [3.63, 3.8) is 0 Å². The Morgan fingerprint density at radius 2 is 2.04 bits per heavy atom. The lowest BCUT2D eigenvalue weighted by atomic mass is 9.76. The second kappa shape index (κ2) is 7.58. The van der Waals surface area contributed by atoms with Crippen LogP contribution in [0.2, 0.25) is 0 Å². The summed E-state index contributed by atoms with van der Waals surface area (Å²) in [5.41, 5.74) is 0.856. The Morgan fingerprint density at radius 3 is 2.70 bits per heavy atom. The van der Waals surface area contributed by atoms with Gasteiger partial charge in [0.25, 0.3) is 0 Å². The quantitative estimate of drug-likeness (QED) is 0.880. The molecule has 1 N–H and O–H groups in total. The molecule has 1 saturated carbocycles. The van der Waals surface area contributed by atoms with Gasteiger partial charge in [-0.2, -0.15) is 0 Å². The minimum atomic E-state index is -0.349. The summed E-state index contributed by atoms with van der Waals surface area (Å²) in [4.78, 5) is 34.1. The zero-order valence-corrected chi connectivity index (χ0v) is 16.2. The van der Waals surface area contributed by atoms with Crippen LogP contribution in [0.15, 0.2) is 24.5 Å². The van der Waals surface area contributed by atoms with Gasteiger partial charge in [0, 0.05) is 32.0 Å². The average molecular weight is 370 g/mol. The first-order valence-electron chi connectivity index (χ1n) is 10.3. The van der Waals surface area contributed by atoms with Gasteiger partial charge in [0.2, 0.25) is 11.8 Å². The van der Waals surface area contributed by atoms with E-state index < -0.39 is 0 Å². The highest BCUT2D eigenvalue weighted by molar-refractivity contribution is 5.94. The van der Waals surface area contributed by atoms with E-state index in [-0.39, 0.29) is 23.3 Å². The van der Waals surface area contributed by atoms with Crippen LogP contribution in [-0.4, -0.2) is 58.8 Å². The molecule has 2 saturated heterocycles. The van der Waals surface area contributed by atoms with Crippen molar-refractivity contribution in [1.29, 1.82) is 0 Å². The molecule has 0 bridgehead atoms. The molecule has 6 heteroatoms. The lowest BCUT2D eigenvalue weighted by molar-refractivity contribution is -0.140. The molecule has 0 aromatic carbocycles. The predicted molar refractivity (Wildman–Crippen MR) is 103 cm³/mol. The van der Waals surface area contributed by atoms with Crippen molar-refractivity contribution in [1.82, 2.24) is 20.1 Å². The minimum absolute atomic E-state index is 0.0485. The fourth-order valence-corrected chi connectivity index (χ4v) is 5.05. The van der Waals surface area contributed by atoms with Gasteiger partial charge < -0.3 is 10.2 Å². The maximum absolute atomic E-state index is 13.0. The molecule has 1 aromatic heterocycles. The summed E-state index contributed by atoms with van der Waals surface area (Å²) in [5.74, 6) is 0.211. The number of nitrogens with one attached hydrogen (secondary N) is 1. The zero-order valence-electron chi connectivity index (χ0n) is 16.2. The van der Waals surface area contributed by atoms with Gasteiger partial charge >= 0.3 is 0 Å². The average Bonchev–Trinajstić information content (AvgIpc) is 3.27. The van der Waals surface area contributed by atoms with E-state index in [1.54, 1.807) is 18.1 Å². The summed E-state index contributed by atoms with van der Waals surface area (Å²) < 4.78 is 0. The Morgan fingerprint density at radius 1 is 1.30 bits per heavy atom. The second-order valence-corrected chi connectivity index (χ2v) is 8.54. The van der Waals surface area contributed by atoms with E-state index in [4.69, 9.17) is 0 Å². The monoisotopic (exact) mass is 370 g/mol. The second-order valence-electron chi connectivity index (χ2n) is 8.54. The molecule has 4 rings (SSSR count).